The Morgan fingerprint density at radius 2 is 1.45 bits per heavy atom. The molecule has 1 fully saturated rings. The Bertz CT molecular complexity index is 772. The van der Waals surface area contributed by atoms with Crippen LogP contribution in [0.25, 0.3) is 11.1 Å². The van der Waals surface area contributed by atoms with E-state index in [4.69, 9.17) is 0 Å². The van der Waals surface area contributed by atoms with E-state index in [2.05, 4.69) is 4.99 Å². The van der Waals surface area contributed by atoms with E-state index in [9.17, 15) is 9.90 Å². The second-order valence-electron chi connectivity index (χ2n) is 5.96. The maximum absolute atomic E-state index is 12.2. The Hall–Kier alpha value is -2.62. The van der Waals surface area contributed by atoms with Crippen molar-refractivity contribution in [3.63, 3.8) is 0 Å². The van der Waals surface area contributed by atoms with Gasteiger partial charge in [-0.05, 0) is 36.1 Å². The van der Waals surface area contributed by atoms with Gasteiger partial charge < -0.3 is 5.11 Å². The molecule has 0 atom stereocenters. The normalized spacial score (nSPS) is 18.7. The zero-order chi connectivity index (χ0) is 15.3. The van der Waals surface area contributed by atoms with Crippen LogP contribution in [0.3, 0.4) is 0 Å². The molecule has 0 unspecified atom stereocenters. The summed E-state index contributed by atoms with van der Waals surface area (Å²) in [5.74, 6) is 1.14. The molecule has 0 bridgehead atoms. The average molecular weight is 292 g/mol. The number of phenolic OH excluding ortho intramolecular Hbond substituents is 1. The molecule has 0 radical (unpaired) electrons. The van der Waals surface area contributed by atoms with Crippen molar-refractivity contribution in [1.29, 1.82) is 0 Å². The molecule has 1 aliphatic carbocycles. The summed E-state index contributed by atoms with van der Waals surface area (Å²) in [7, 11) is 1.79. The van der Waals surface area contributed by atoms with Gasteiger partial charge in [-0.25, -0.2) is 0 Å². The number of phenols is 1. The molecule has 2 aliphatic rings. The van der Waals surface area contributed by atoms with Crippen LogP contribution in [0.4, 0.5) is 0 Å². The van der Waals surface area contributed by atoms with E-state index in [0.717, 1.165) is 35.4 Å². The Balaban J connectivity index is 1.65. The van der Waals surface area contributed by atoms with Gasteiger partial charge in [0.2, 0.25) is 0 Å². The predicted molar refractivity (Wildman–Crippen MR) is 84.8 cm³/mol. The van der Waals surface area contributed by atoms with E-state index in [1.165, 1.54) is 0 Å². The zero-order valence-electron chi connectivity index (χ0n) is 12.3. The summed E-state index contributed by atoms with van der Waals surface area (Å²) in [4.78, 5) is 18.5. The van der Waals surface area contributed by atoms with Crippen LogP contribution in [0.5, 0.6) is 5.75 Å². The van der Waals surface area contributed by atoms with Gasteiger partial charge in [-0.1, -0.05) is 36.4 Å². The van der Waals surface area contributed by atoms with Crippen molar-refractivity contribution in [2.24, 2.45) is 4.99 Å². The lowest BCUT2D eigenvalue weighted by Crippen LogP contribution is -2.32. The van der Waals surface area contributed by atoms with Crippen LogP contribution in [0, 0.1) is 0 Å². The SMILES string of the molecule is CN1C(=O)C2(CC2)N=C1c1ccc(-c2ccc(O)cc2)cc1. The van der Waals surface area contributed by atoms with E-state index in [-0.39, 0.29) is 11.7 Å². The number of carbonyl (C=O) groups is 1. The first-order valence-electron chi connectivity index (χ1n) is 7.37. The second-order valence-corrected chi connectivity index (χ2v) is 5.96. The van der Waals surface area contributed by atoms with Crippen molar-refractivity contribution in [3.05, 3.63) is 54.1 Å². The first-order valence-corrected chi connectivity index (χ1v) is 7.37. The van der Waals surface area contributed by atoms with Crippen LogP contribution in [0.1, 0.15) is 18.4 Å². The fourth-order valence-corrected chi connectivity index (χ4v) is 2.90. The van der Waals surface area contributed by atoms with Gasteiger partial charge in [-0.15, -0.1) is 0 Å². The minimum atomic E-state index is -0.445. The van der Waals surface area contributed by atoms with Crippen LogP contribution < -0.4 is 0 Å². The molecule has 22 heavy (non-hydrogen) atoms. The van der Waals surface area contributed by atoms with Crippen LogP contribution >= 0.6 is 0 Å². The maximum atomic E-state index is 12.2. The average Bonchev–Trinajstić information content (AvgIpc) is 3.28. The molecule has 4 heteroatoms. The number of aromatic hydroxyl groups is 1. The van der Waals surface area contributed by atoms with Crippen molar-refractivity contribution in [2.75, 3.05) is 7.05 Å². The number of aliphatic imine (C=N–C) groups is 1. The highest BCUT2D eigenvalue weighted by Gasteiger charge is 2.56. The lowest BCUT2D eigenvalue weighted by atomic mass is 10.0. The van der Waals surface area contributed by atoms with E-state index in [1.807, 2.05) is 36.4 Å². The maximum Gasteiger partial charge on any atom is 0.255 e. The summed E-state index contributed by atoms with van der Waals surface area (Å²) in [5, 5.41) is 9.35. The minimum Gasteiger partial charge on any atom is -0.508 e. The summed E-state index contributed by atoms with van der Waals surface area (Å²) >= 11 is 0. The Kier molecular flexibility index (Phi) is 2.64. The summed E-state index contributed by atoms with van der Waals surface area (Å²) in [6.45, 7) is 0. The van der Waals surface area contributed by atoms with Crippen molar-refractivity contribution in [1.82, 2.24) is 4.90 Å². The molecular formula is C18H16N2O2. The first-order chi connectivity index (χ1) is 10.6. The predicted octanol–water partition coefficient (Wildman–Crippen LogP) is 2.81. The number of nitrogens with zero attached hydrogens (tertiary/aromatic N) is 2. The molecule has 1 heterocycles. The number of amides is 1. The van der Waals surface area contributed by atoms with Gasteiger partial charge >= 0.3 is 0 Å². The second kappa shape index (κ2) is 4.44. The van der Waals surface area contributed by atoms with Crippen LogP contribution in [-0.4, -0.2) is 34.3 Å². The third kappa shape index (κ3) is 1.91. The quantitative estimate of drug-likeness (QED) is 0.925. The van der Waals surface area contributed by atoms with Crippen molar-refractivity contribution >= 4 is 11.7 Å². The Labute approximate surface area is 128 Å². The van der Waals surface area contributed by atoms with Gasteiger partial charge in [0.15, 0.2) is 0 Å². The smallest absolute Gasteiger partial charge is 0.255 e. The van der Waals surface area contributed by atoms with Crippen LogP contribution in [0.2, 0.25) is 0 Å². The largest absolute Gasteiger partial charge is 0.508 e. The highest BCUT2D eigenvalue weighted by atomic mass is 16.3. The Morgan fingerprint density at radius 3 is 1.95 bits per heavy atom. The van der Waals surface area contributed by atoms with E-state index >= 15 is 0 Å². The summed E-state index contributed by atoms with van der Waals surface area (Å²) in [6.07, 6.45) is 1.73. The zero-order valence-corrected chi connectivity index (χ0v) is 12.3. The molecule has 2 aromatic rings. The number of amidine groups is 1. The van der Waals surface area contributed by atoms with E-state index < -0.39 is 5.54 Å². The molecule has 4 rings (SSSR count). The highest BCUT2D eigenvalue weighted by molar-refractivity contribution is 6.16. The first kappa shape index (κ1) is 13.1. The lowest BCUT2D eigenvalue weighted by Gasteiger charge is -2.13. The molecule has 1 N–H and O–H groups in total. The Morgan fingerprint density at radius 1 is 0.955 bits per heavy atom. The standard InChI is InChI=1S/C18H16N2O2/c1-20-16(19-18(10-11-18)17(20)22)14-4-2-12(3-5-14)13-6-8-15(21)9-7-13/h2-9,21H,10-11H2,1H3. The molecule has 1 amide bonds. The fraction of sp³-hybridized carbons (Fsp3) is 0.222. The van der Waals surface area contributed by atoms with Gasteiger partial charge in [-0.2, -0.15) is 0 Å². The topological polar surface area (TPSA) is 52.9 Å². The number of carbonyl (C=O) groups excluding carboxylic acids is 1. The van der Waals surface area contributed by atoms with Crippen molar-refractivity contribution in [3.8, 4) is 16.9 Å². The summed E-state index contributed by atoms with van der Waals surface area (Å²) in [5.41, 5.74) is 2.63. The number of rotatable bonds is 2. The van der Waals surface area contributed by atoms with Crippen LogP contribution in [-0.2, 0) is 4.79 Å². The summed E-state index contributed by atoms with van der Waals surface area (Å²) in [6, 6.07) is 15.1. The molecule has 0 saturated heterocycles. The molecule has 110 valence electrons. The van der Waals surface area contributed by atoms with Gasteiger partial charge in [-0.3, -0.25) is 14.7 Å². The molecular weight excluding hydrogens is 276 g/mol. The molecule has 1 saturated carbocycles. The summed E-state index contributed by atoms with van der Waals surface area (Å²) < 4.78 is 0. The lowest BCUT2D eigenvalue weighted by molar-refractivity contribution is -0.127. The van der Waals surface area contributed by atoms with Gasteiger partial charge in [0, 0.05) is 12.6 Å². The minimum absolute atomic E-state index is 0.116. The van der Waals surface area contributed by atoms with Gasteiger partial charge in [0.05, 0.1) is 0 Å². The number of hydrogen-bond acceptors (Lipinski definition) is 3. The third-order valence-corrected chi connectivity index (χ3v) is 4.41. The third-order valence-electron chi connectivity index (χ3n) is 4.41. The number of benzene rings is 2. The molecule has 4 nitrogen and oxygen atoms in total. The molecule has 1 spiro atoms. The van der Waals surface area contributed by atoms with Gasteiger partial charge in [0.1, 0.15) is 17.1 Å². The number of likely N-dealkylation sites (N-methyl/N-ethyl adjacent to an activating group) is 1. The van der Waals surface area contributed by atoms with Gasteiger partial charge in [0.25, 0.3) is 5.91 Å². The monoisotopic (exact) mass is 292 g/mol. The van der Waals surface area contributed by atoms with E-state index in [1.54, 1.807) is 24.1 Å². The number of hydrogen-bond donors (Lipinski definition) is 1. The van der Waals surface area contributed by atoms with Crippen molar-refractivity contribution < 1.29 is 9.90 Å². The van der Waals surface area contributed by atoms with E-state index in [0.29, 0.717) is 0 Å². The highest BCUT2D eigenvalue weighted by Crippen LogP contribution is 2.45. The van der Waals surface area contributed by atoms with Crippen molar-refractivity contribution in [2.45, 2.75) is 18.4 Å². The molecule has 0 aromatic heterocycles. The fourth-order valence-electron chi connectivity index (χ4n) is 2.90. The van der Waals surface area contributed by atoms with Crippen LogP contribution in [0.15, 0.2) is 53.5 Å². The molecule has 1 aliphatic heterocycles. The molecule has 2 aromatic carbocycles.